The number of alkyl halides is 1. The van der Waals surface area contributed by atoms with Gasteiger partial charge in [0.15, 0.2) is 5.69 Å². The molecule has 0 radical (unpaired) electrons. The fourth-order valence-electron chi connectivity index (χ4n) is 3.62. The van der Waals surface area contributed by atoms with Crippen molar-refractivity contribution in [2.75, 3.05) is 6.54 Å². The Morgan fingerprint density at radius 1 is 1.38 bits per heavy atom. The predicted molar refractivity (Wildman–Crippen MR) is 102 cm³/mol. The van der Waals surface area contributed by atoms with Crippen molar-refractivity contribution in [3.8, 4) is 0 Å². The number of amides is 2. The summed E-state index contributed by atoms with van der Waals surface area (Å²) in [5.74, 6) is 0.271. The summed E-state index contributed by atoms with van der Waals surface area (Å²) in [6, 6.07) is -0.342. The number of hydrogen-bond acceptors (Lipinski definition) is 6. The minimum Gasteiger partial charge on any atom is -0.361 e. The molecule has 0 saturated carbocycles. The number of likely N-dealkylation sites (tertiary alicyclic amines) is 1. The normalized spacial score (nSPS) is 19.2. The minimum atomic E-state index is -1.07. The molecule has 3 rings (SSSR count). The number of aryl methyl sites for hydroxylation is 2. The molecular formula is C19H27FN6O3. The van der Waals surface area contributed by atoms with Crippen LogP contribution >= 0.6 is 0 Å². The summed E-state index contributed by atoms with van der Waals surface area (Å²) in [4.78, 5) is 26.3. The van der Waals surface area contributed by atoms with E-state index in [4.69, 9.17) is 4.52 Å². The van der Waals surface area contributed by atoms with Gasteiger partial charge in [-0.15, -0.1) is 5.10 Å². The molecule has 2 aromatic heterocycles. The SMILES string of the molecule is Cc1noc(C)c1CCC(=O)N1CC(F)CC1Cn1cc(C(=O)NC(C)C)nn1. The molecule has 0 aliphatic carbocycles. The molecule has 158 valence electrons. The number of hydrogen-bond donors (Lipinski definition) is 1. The highest BCUT2D eigenvalue weighted by atomic mass is 19.1. The first-order valence-corrected chi connectivity index (χ1v) is 9.80. The number of nitrogens with one attached hydrogen (secondary N) is 1. The Morgan fingerprint density at radius 2 is 2.14 bits per heavy atom. The minimum absolute atomic E-state index is 0.0133. The molecule has 29 heavy (non-hydrogen) atoms. The second-order valence-electron chi connectivity index (χ2n) is 7.79. The summed E-state index contributed by atoms with van der Waals surface area (Å²) in [5.41, 5.74) is 1.89. The zero-order valence-corrected chi connectivity index (χ0v) is 17.2. The predicted octanol–water partition coefficient (Wildman–Crippen LogP) is 1.59. The van der Waals surface area contributed by atoms with E-state index in [1.54, 1.807) is 4.90 Å². The Labute approximate surface area is 168 Å². The molecule has 3 heterocycles. The quantitative estimate of drug-likeness (QED) is 0.749. The lowest BCUT2D eigenvalue weighted by Crippen LogP contribution is -2.38. The van der Waals surface area contributed by atoms with Crippen LogP contribution in [-0.2, 0) is 17.8 Å². The van der Waals surface area contributed by atoms with Gasteiger partial charge < -0.3 is 14.7 Å². The van der Waals surface area contributed by atoms with Crippen LogP contribution in [0.1, 0.15) is 54.2 Å². The number of rotatable bonds is 7. The molecule has 2 aromatic rings. The molecule has 2 atom stereocenters. The van der Waals surface area contributed by atoms with Gasteiger partial charge in [0.2, 0.25) is 5.91 Å². The van der Waals surface area contributed by atoms with Crippen molar-refractivity contribution >= 4 is 11.8 Å². The third-order valence-corrected chi connectivity index (χ3v) is 5.04. The van der Waals surface area contributed by atoms with E-state index in [0.717, 1.165) is 11.3 Å². The maximum atomic E-state index is 14.1. The van der Waals surface area contributed by atoms with E-state index in [0.29, 0.717) is 18.7 Å². The fraction of sp³-hybridized carbons (Fsp3) is 0.632. The average Bonchev–Trinajstić information content (AvgIpc) is 3.33. The van der Waals surface area contributed by atoms with Crippen LogP contribution in [0.15, 0.2) is 10.7 Å². The van der Waals surface area contributed by atoms with Crippen LogP contribution < -0.4 is 5.32 Å². The van der Waals surface area contributed by atoms with E-state index in [1.807, 2.05) is 27.7 Å². The standard InChI is InChI=1S/C19H27FN6O3/c1-11(2)21-19(28)17-10-25(24-22-17)9-15-7-14(20)8-26(15)18(27)6-5-16-12(3)23-29-13(16)4/h10-11,14-15H,5-9H2,1-4H3,(H,21,28). The summed E-state index contributed by atoms with van der Waals surface area (Å²) < 4.78 is 20.7. The number of aromatic nitrogens is 4. The number of nitrogens with zero attached hydrogens (tertiary/aromatic N) is 5. The summed E-state index contributed by atoms with van der Waals surface area (Å²) in [6.07, 6.45) is 1.45. The van der Waals surface area contributed by atoms with E-state index >= 15 is 0 Å². The topological polar surface area (TPSA) is 106 Å². The molecule has 9 nitrogen and oxygen atoms in total. The van der Waals surface area contributed by atoms with Gasteiger partial charge in [-0.25, -0.2) is 9.07 Å². The van der Waals surface area contributed by atoms with Crippen molar-refractivity contribution < 1.29 is 18.5 Å². The maximum absolute atomic E-state index is 14.1. The molecule has 0 spiro atoms. The van der Waals surface area contributed by atoms with Crippen molar-refractivity contribution in [1.29, 1.82) is 0 Å². The van der Waals surface area contributed by atoms with Crippen LogP contribution in [0.3, 0.4) is 0 Å². The third-order valence-electron chi connectivity index (χ3n) is 5.04. The zero-order chi connectivity index (χ0) is 21.1. The molecule has 1 aliphatic rings. The molecule has 1 N–H and O–H groups in total. The average molecular weight is 406 g/mol. The monoisotopic (exact) mass is 406 g/mol. The van der Waals surface area contributed by atoms with Gasteiger partial charge >= 0.3 is 0 Å². The van der Waals surface area contributed by atoms with Crippen LogP contribution in [0.2, 0.25) is 0 Å². The Morgan fingerprint density at radius 3 is 2.79 bits per heavy atom. The van der Waals surface area contributed by atoms with Gasteiger partial charge in [-0.3, -0.25) is 9.59 Å². The lowest BCUT2D eigenvalue weighted by Gasteiger charge is -2.24. The lowest BCUT2D eigenvalue weighted by atomic mass is 10.1. The molecule has 1 saturated heterocycles. The van der Waals surface area contributed by atoms with Gasteiger partial charge in [-0.2, -0.15) is 0 Å². The number of carbonyl (C=O) groups excluding carboxylic acids is 2. The molecule has 0 aromatic carbocycles. The third kappa shape index (κ3) is 4.99. The van der Waals surface area contributed by atoms with Crippen molar-refractivity contribution in [3.05, 3.63) is 28.9 Å². The summed E-state index contributed by atoms with van der Waals surface area (Å²) >= 11 is 0. The summed E-state index contributed by atoms with van der Waals surface area (Å²) in [6.45, 7) is 7.72. The van der Waals surface area contributed by atoms with Gasteiger partial charge in [-0.1, -0.05) is 10.4 Å². The van der Waals surface area contributed by atoms with E-state index in [1.165, 1.54) is 10.9 Å². The maximum Gasteiger partial charge on any atom is 0.273 e. The molecule has 2 unspecified atom stereocenters. The number of carbonyl (C=O) groups is 2. The molecule has 0 bridgehead atoms. The van der Waals surface area contributed by atoms with E-state index < -0.39 is 6.17 Å². The second kappa shape index (κ2) is 8.71. The van der Waals surface area contributed by atoms with Crippen LogP contribution in [-0.4, -0.2) is 61.7 Å². The smallest absolute Gasteiger partial charge is 0.273 e. The Balaban J connectivity index is 1.62. The highest BCUT2D eigenvalue weighted by Gasteiger charge is 2.35. The van der Waals surface area contributed by atoms with Crippen LogP contribution in [0.4, 0.5) is 4.39 Å². The Kier molecular flexibility index (Phi) is 6.29. The van der Waals surface area contributed by atoms with Crippen molar-refractivity contribution in [1.82, 2.24) is 30.4 Å². The van der Waals surface area contributed by atoms with Gasteiger partial charge in [0.1, 0.15) is 11.9 Å². The van der Waals surface area contributed by atoms with Crippen LogP contribution in [0, 0.1) is 13.8 Å². The Hall–Kier alpha value is -2.78. The van der Waals surface area contributed by atoms with Gasteiger partial charge in [0, 0.05) is 24.4 Å². The Bertz CT molecular complexity index is 858. The highest BCUT2D eigenvalue weighted by Crippen LogP contribution is 2.24. The van der Waals surface area contributed by atoms with E-state index in [2.05, 4.69) is 20.8 Å². The number of halogens is 1. The van der Waals surface area contributed by atoms with Crippen LogP contribution in [0.25, 0.3) is 0 Å². The molecular weight excluding hydrogens is 379 g/mol. The molecule has 10 heteroatoms. The summed E-state index contributed by atoms with van der Waals surface area (Å²) in [5, 5.41) is 14.5. The lowest BCUT2D eigenvalue weighted by molar-refractivity contribution is -0.132. The first-order chi connectivity index (χ1) is 13.7. The fourth-order valence-corrected chi connectivity index (χ4v) is 3.62. The van der Waals surface area contributed by atoms with Gasteiger partial charge in [0.25, 0.3) is 5.91 Å². The second-order valence-corrected chi connectivity index (χ2v) is 7.79. The largest absolute Gasteiger partial charge is 0.361 e. The first-order valence-electron chi connectivity index (χ1n) is 9.80. The highest BCUT2D eigenvalue weighted by molar-refractivity contribution is 5.92. The van der Waals surface area contributed by atoms with Crippen molar-refractivity contribution in [2.24, 2.45) is 0 Å². The van der Waals surface area contributed by atoms with Gasteiger partial charge in [-0.05, 0) is 34.1 Å². The first kappa shape index (κ1) is 20.9. The van der Waals surface area contributed by atoms with Crippen LogP contribution in [0.5, 0.6) is 0 Å². The molecule has 2 amide bonds. The molecule has 1 aliphatic heterocycles. The molecule has 1 fully saturated rings. The van der Waals surface area contributed by atoms with Crippen molar-refractivity contribution in [2.45, 2.75) is 71.8 Å². The van der Waals surface area contributed by atoms with E-state index in [-0.39, 0.29) is 49.0 Å². The zero-order valence-electron chi connectivity index (χ0n) is 17.2. The summed E-state index contributed by atoms with van der Waals surface area (Å²) in [7, 11) is 0. The van der Waals surface area contributed by atoms with Gasteiger partial charge in [0.05, 0.1) is 31.0 Å². The van der Waals surface area contributed by atoms with E-state index in [9.17, 15) is 14.0 Å². The van der Waals surface area contributed by atoms with Crippen molar-refractivity contribution in [3.63, 3.8) is 0 Å².